The van der Waals surface area contributed by atoms with Crippen molar-refractivity contribution in [3.05, 3.63) is 35.4 Å². The van der Waals surface area contributed by atoms with Crippen molar-refractivity contribution >= 4 is 0 Å². The zero-order valence-electron chi connectivity index (χ0n) is 8.59. The van der Waals surface area contributed by atoms with Gasteiger partial charge in [-0.25, -0.2) is 0 Å². The summed E-state index contributed by atoms with van der Waals surface area (Å²) in [5.41, 5.74) is 3.18. The van der Waals surface area contributed by atoms with Crippen molar-refractivity contribution < 1.29 is 0 Å². The van der Waals surface area contributed by atoms with E-state index < -0.39 is 0 Å². The second-order valence-electron chi connectivity index (χ2n) is 4.06. The average Bonchev–Trinajstić information content (AvgIpc) is 2.96. The van der Waals surface area contributed by atoms with E-state index in [2.05, 4.69) is 38.1 Å². The minimum atomic E-state index is 0.890. The Morgan fingerprint density at radius 1 is 1.23 bits per heavy atom. The van der Waals surface area contributed by atoms with E-state index in [1.54, 1.807) is 11.1 Å². The molecule has 0 radical (unpaired) electrons. The van der Waals surface area contributed by atoms with Gasteiger partial charge in [-0.3, -0.25) is 0 Å². The van der Waals surface area contributed by atoms with Gasteiger partial charge in [-0.15, -0.1) is 0 Å². The second-order valence-corrected chi connectivity index (χ2v) is 4.06. The molecule has 0 amide bonds. The minimum Gasteiger partial charge on any atom is -0.0651 e. The van der Waals surface area contributed by atoms with E-state index in [0.717, 1.165) is 11.8 Å². The highest BCUT2D eigenvalue weighted by atomic mass is 14.4. The van der Waals surface area contributed by atoms with E-state index >= 15 is 0 Å². The van der Waals surface area contributed by atoms with Crippen LogP contribution in [0.3, 0.4) is 0 Å². The maximum absolute atomic E-state index is 2.32. The maximum atomic E-state index is 2.32. The van der Waals surface area contributed by atoms with Crippen molar-refractivity contribution in [1.29, 1.82) is 0 Å². The van der Waals surface area contributed by atoms with Crippen molar-refractivity contribution in [2.24, 2.45) is 5.92 Å². The van der Waals surface area contributed by atoms with Crippen LogP contribution in [0.25, 0.3) is 0 Å². The Hall–Kier alpha value is -0.780. The molecule has 0 bridgehead atoms. The van der Waals surface area contributed by atoms with Crippen LogP contribution in [0.5, 0.6) is 0 Å². The van der Waals surface area contributed by atoms with Gasteiger partial charge in [0.1, 0.15) is 0 Å². The molecule has 0 unspecified atom stereocenters. The predicted molar refractivity (Wildman–Crippen MR) is 57.0 cm³/mol. The summed E-state index contributed by atoms with van der Waals surface area (Å²) in [6, 6.07) is 8.94. The van der Waals surface area contributed by atoms with Crippen LogP contribution in [0.4, 0.5) is 0 Å². The Kier molecular flexibility index (Phi) is 2.39. The van der Waals surface area contributed by atoms with Crippen LogP contribution >= 0.6 is 0 Å². The van der Waals surface area contributed by atoms with Crippen molar-refractivity contribution in [1.82, 2.24) is 0 Å². The van der Waals surface area contributed by atoms with Crippen molar-refractivity contribution in [3.63, 3.8) is 0 Å². The molecule has 2 rings (SSSR count). The van der Waals surface area contributed by atoms with Crippen LogP contribution in [0.1, 0.15) is 43.7 Å². The Morgan fingerprint density at radius 3 is 2.62 bits per heavy atom. The molecule has 1 aromatic carbocycles. The van der Waals surface area contributed by atoms with Crippen LogP contribution in [0.2, 0.25) is 0 Å². The molecule has 0 heteroatoms. The highest BCUT2D eigenvalue weighted by Crippen LogP contribution is 2.50. The SMILES string of the molecule is CCc1ccccc1[C@H]1C[C@@H]1CC. The van der Waals surface area contributed by atoms with Crippen LogP contribution in [0.15, 0.2) is 24.3 Å². The summed E-state index contributed by atoms with van der Waals surface area (Å²) in [4.78, 5) is 0. The molecule has 0 aromatic heterocycles. The fraction of sp³-hybridized carbons (Fsp3) is 0.538. The number of hydrogen-bond acceptors (Lipinski definition) is 0. The summed E-state index contributed by atoms with van der Waals surface area (Å²) < 4.78 is 0. The number of rotatable bonds is 3. The van der Waals surface area contributed by atoms with E-state index in [1.807, 2.05) is 0 Å². The normalized spacial score (nSPS) is 26.0. The van der Waals surface area contributed by atoms with Gasteiger partial charge in [-0.1, -0.05) is 44.5 Å². The number of benzene rings is 1. The molecule has 0 nitrogen and oxygen atoms in total. The first-order valence-electron chi connectivity index (χ1n) is 5.44. The third kappa shape index (κ3) is 1.63. The number of hydrogen-bond donors (Lipinski definition) is 0. The molecule has 0 aliphatic heterocycles. The lowest BCUT2D eigenvalue weighted by molar-refractivity contribution is 0.762. The van der Waals surface area contributed by atoms with Crippen LogP contribution in [-0.4, -0.2) is 0 Å². The monoisotopic (exact) mass is 174 g/mol. The van der Waals surface area contributed by atoms with Gasteiger partial charge in [0.05, 0.1) is 0 Å². The highest BCUT2D eigenvalue weighted by molar-refractivity contribution is 5.34. The van der Waals surface area contributed by atoms with Gasteiger partial charge < -0.3 is 0 Å². The largest absolute Gasteiger partial charge is 0.0651 e. The predicted octanol–water partition coefficient (Wildman–Crippen LogP) is 3.76. The average molecular weight is 174 g/mol. The molecule has 1 aromatic rings. The van der Waals surface area contributed by atoms with Crippen molar-refractivity contribution in [2.45, 2.75) is 39.0 Å². The van der Waals surface area contributed by atoms with E-state index in [0.29, 0.717) is 0 Å². The molecule has 0 spiro atoms. The van der Waals surface area contributed by atoms with E-state index in [-0.39, 0.29) is 0 Å². The van der Waals surface area contributed by atoms with Gasteiger partial charge in [-0.05, 0) is 35.8 Å². The molecular weight excluding hydrogens is 156 g/mol. The van der Waals surface area contributed by atoms with E-state index in [4.69, 9.17) is 0 Å². The van der Waals surface area contributed by atoms with Crippen molar-refractivity contribution in [3.8, 4) is 0 Å². The summed E-state index contributed by atoms with van der Waals surface area (Å²) in [6.07, 6.45) is 3.96. The number of aryl methyl sites for hydroxylation is 1. The summed E-state index contributed by atoms with van der Waals surface area (Å²) in [6.45, 7) is 4.56. The Morgan fingerprint density at radius 2 is 2.00 bits per heavy atom. The standard InChI is InChI=1S/C13H18/c1-3-10-7-5-6-8-12(10)13-9-11(13)4-2/h5-8,11,13H,3-4,9H2,1-2H3/t11-,13-/m0/s1. The fourth-order valence-corrected chi connectivity index (χ4v) is 2.30. The lowest BCUT2D eigenvalue weighted by atomic mass is 10.00. The van der Waals surface area contributed by atoms with Gasteiger partial charge in [-0.2, -0.15) is 0 Å². The van der Waals surface area contributed by atoms with Crippen LogP contribution in [0, 0.1) is 5.92 Å². The Balaban J connectivity index is 2.20. The van der Waals surface area contributed by atoms with Gasteiger partial charge in [0.15, 0.2) is 0 Å². The van der Waals surface area contributed by atoms with Gasteiger partial charge >= 0.3 is 0 Å². The third-order valence-corrected chi connectivity index (χ3v) is 3.28. The molecule has 1 saturated carbocycles. The molecular formula is C13H18. The first-order valence-corrected chi connectivity index (χ1v) is 5.44. The lowest BCUT2D eigenvalue weighted by Crippen LogP contribution is -1.90. The summed E-state index contributed by atoms with van der Waals surface area (Å²) >= 11 is 0. The highest BCUT2D eigenvalue weighted by Gasteiger charge is 2.37. The van der Waals surface area contributed by atoms with Crippen LogP contribution in [-0.2, 0) is 6.42 Å². The maximum Gasteiger partial charge on any atom is -0.0128 e. The summed E-state index contributed by atoms with van der Waals surface area (Å²) in [5.74, 6) is 1.87. The molecule has 2 atom stereocenters. The van der Waals surface area contributed by atoms with Gasteiger partial charge in [0.2, 0.25) is 0 Å². The summed E-state index contributed by atoms with van der Waals surface area (Å²) in [7, 11) is 0. The molecule has 1 aliphatic rings. The van der Waals surface area contributed by atoms with Gasteiger partial charge in [0.25, 0.3) is 0 Å². The topological polar surface area (TPSA) is 0 Å². The smallest absolute Gasteiger partial charge is 0.0128 e. The quantitative estimate of drug-likeness (QED) is 0.654. The second kappa shape index (κ2) is 3.53. The summed E-state index contributed by atoms with van der Waals surface area (Å²) in [5, 5.41) is 0. The Labute approximate surface area is 81.0 Å². The molecule has 0 heterocycles. The zero-order valence-corrected chi connectivity index (χ0v) is 8.59. The van der Waals surface area contributed by atoms with Gasteiger partial charge in [0, 0.05) is 0 Å². The first kappa shape index (κ1) is 8.80. The third-order valence-electron chi connectivity index (χ3n) is 3.28. The molecule has 70 valence electrons. The molecule has 0 saturated heterocycles. The fourth-order valence-electron chi connectivity index (χ4n) is 2.30. The van der Waals surface area contributed by atoms with Crippen molar-refractivity contribution in [2.75, 3.05) is 0 Å². The molecule has 1 aliphatic carbocycles. The Bertz CT molecular complexity index is 288. The zero-order chi connectivity index (χ0) is 9.26. The molecule has 0 N–H and O–H groups in total. The molecule has 1 fully saturated rings. The molecule has 13 heavy (non-hydrogen) atoms. The van der Waals surface area contributed by atoms with Crippen LogP contribution < -0.4 is 0 Å². The minimum absolute atomic E-state index is 0.890. The van der Waals surface area contributed by atoms with E-state index in [1.165, 1.54) is 19.3 Å². The lowest BCUT2D eigenvalue weighted by Gasteiger charge is -2.05. The first-order chi connectivity index (χ1) is 6.36. The van der Waals surface area contributed by atoms with E-state index in [9.17, 15) is 0 Å².